The van der Waals surface area contributed by atoms with Crippen LogP contribution in [-0.4, -0.2) is 30.8 Å². The number of carboxylic acids is 1. The van der Waals surface area contributed by atoms with Crippen molar-refractivity contribution in [2.75, 3.05) is 5.32 Å². The third-order valence-electron chi connectivity index (χ3n) is 2.49. The molecule has 0 bridgehead atoms. The Morgan fingerprint density at radius 2 is 1.80 bits per heavy atom. The van der Waals surface area contributed by atoms with Gasteiger partial charge in [-0.2, -0.15) is 8.78 Å². The lowest BCUT2D eigenvalue weighted by Crippen LogP contribution is -2.33. The van der Waals surface area contributed by atoms with E-state index in [1.807, 2.05) is 0 Å². The topological polar surface area (TPSA) is 83.5 Å². The molecule has 112 valence electrons. The Kier molecular flexibility index (Phi) is 4.69. The van der Waals surface area contributed by atoms with Crippen molar-refractivity contribution in [3.8, 4) is 0 Å². The number of anilines is 1. The van der Waals surface area contributed by atoms with Gasteiger partial charge in [-0.3, -0.25) is 4.79 Å². The molecule has 0 unspecified atom stereocenters. The number of nitrogens with one attached hydrogen (secondary N) is 1. The van der Waals surface area contributed by atoms with E-state index in [0.717, 1.165) is 12.1 Å². The highest BCUT2D eigenvalue weighted by atomic mass is 32.2. The Morgan fingerprint density at radius 1 is 1.30 bits per heavy atom. The Balaban J connectivity index is 2.90. The van der Waals surface area contributed by atoms with Crippen molar-refractivity contribution in [3.63, 3.8) is 0 Å². The van der Waals surface area contributed by atoms with Crippen LogP contribution in [0, 0.1) is 0 Å². The summed E-state index contributed by atoms with van der Waals surface area (Å²) in [7, 11) is -4.61. The Labute approximate surface area is 115 Å². The highest BCUT2D eigenvalue weighted by Crippen LogP contribution is 2.23. The number of hydrogen-bond acceptors (Lipinski definition) is 4. The zero-order valence-electron chi connectivity index (χ0n) is 10.9. The molecular weight excluding hydrogens is 292 g/mol. The fourth-order valence-electron chi connectivity index (χ4n) is 1.64. The summed E-state index contributed by atoms with van der Waals surface area (Å²) in [5, 5.41) is 11.6. The zero-order valence-corrected chi connectivity index (χ0v) is 11.7. The van der Waals surface area contributed by atoms with E-state index < -0.39 is 32.0 Å². The van der Waals surface area contributed by atoms with Crippen molar-refractivity contribution in [2.24, 2.45) is 0 Å². The van der Waals surface area contributed by atoms with Crippen molar-refractivity contribution in [3.05, 3.63) is 24.3 Å². The monoisotopic (exact) mass is 307 g/mol. The van der Waals surface area contributed by atoms with E-state index in [-0.39, 0.29) is 6.42 Å². The molecule has 2 N–H and O–H groups in total. The van der Waals surface area contributed by atoms with Crippen molar-refractivity contribution in [1.29, 1.82) is 0 Å². The summed E-state index contributed by atoms with van der Waals surface area (Å²) in [6.07, 6.45) is -0.149. The largest absolute Gasteiger partial charge is 0.481 e. The van der Waals surface area contributed by atoms with Gasteiger partial charge in [0.15, 0.2) is 0 Å². The molecule has 0 aliphatic carbocycles. The minimum absolute atomic E-state index is 0.149. The summed E-state index contributed by atoms with van der Waals surface area (Å²) >= 11 is 0. The lowest BCUT2D eigenvalue weighted by atomic mass is 10.0. The third kappa shape index (κ3) is 4.16. The van der Waals surface area contributed by atoms with Crippen LogP contribution in [0.4, 0.5) is 14.5 Å². The first-order valence-corrected chi connectivity index (χ1v) is 7.21. The molecule has 0 saturated carbocycles. The number of aliphatic carboxylic acids is 1. The van der Waals surface area contributed by atoms with Gasteiger partial charge in [-0.05, 0) is 38.1 Å². The van der Waals surface area contributed by atoms with Crippen LogP contribution in [0.15, 0.2) is 29.2 Å². The van der Waals surface area contributed by atoms with Gasteiger partial charge in [-0.1, -0.05) is 0 Å². The van der Waals surface area contributed by atoms with E-state index in [1.165, 1.54) is 12.1 Å². The molecule has 0 aliphatic heterocycles. The SMILES string of the molecule is CC(C)(CC(=O)O)Nc1ccc(S(=O)(=O)C(F)F)cc1. The maximum Gasteiger partial charge on any atom is 0.341 e. The summed E-state index contributed by atoms with van der Waals surface area (Å²) in [6.45, 7) is 3.32. The average Bonchev–Trinajstić information content (AvgIpc) is 2.26. The van der Waals surface area contributed by atoms with Crippen LogP contribution in [0.3, 0.4) is 0 Å². The van der Waals surface area contributed by atoms with E-state index in [4.69, 9.17) is 5.11 Å². The number of sulfone groups is 1. The summed E-state index contributed by atoms with van der Waals surface area (Å²) in [5.74, 6) is -4.45. The molecule has 0 spiro atoms. The maximum atomic E-state index is 12.3. The first kappa shape index (κ1) is 16.4. The van der Waals surface area contributed by atoms with Crippen LogP contribution in [0.5, 0.6) is 0 Å². The molecule has 0 saturated heterocycles. The average molecular weight is 307 g/mol. The minimum atomic E-state index is -4.61. The van der Waals surface area contributed by atoms with E-state index in [1.54, 1.807) is 13.8 Å². The molecule has 0 fully saturated rings. The van der Waals surface area contributed by atoms with Crippen LogP contribution in [0.2, 0.25) is 0 Å². The second-order valence-electron chi connectivity index (χ2n) is 4.91. The molecule has 8 heteroatoms. The molecule has 5 nitrogen and oxygen atoms in total. The molecule has 1 aromatic rings. The molecule has 20 heavy (non-hydrogen) atoms. The number of alkyl halides is 2. The lowest BCUT2D eigenvalue weighted by Gasteiger charge is -2.25. The summed E-state index contributed by atoms with van der Waals surface area (Å²) < 4.78 is 47.1. The summed E-state index contributed by atoms with van der Waals surface area (Å²) in [5.41, 5.74) is -0.306. The lowest BCUT2D eigenvalue weighted by molar-refractivity contribution is -0.137. The van der Waals surface area contributed by atoms with Gasteiger partial charge in [-0.25, -0.2) is 8.42 Å². The highest BCUT2D eigenvalue weighted by Gasteiger charge is 2.26. The fraction of sp³-hybridized carbons (Fsp3) is 0.417. The number of benzene rings is 1. The van der Waals surface area contributed by atoms with Crippen LogP contribution >= 0.6 is 0 Å². The number of hydrogen-bond donors (Lipinski definition) is 2. The first-order valence-electron chi connectivity index (χ1n) is 5.67. The minimum Gasteiger partial charge on any atom is -0.481 e. The molecule has 0 radical (unpaired) electrons. The maximum absolute atomic E-state index is 12.3. The summed E-state index contributed by atoms with van der Waals surface area (Å²) in [4.78, 5) is 10.2. The molecule has 0 heterocycles. The predicted octanol–water partition coefficient (Wildman–Crippen LogP) is 2.35. The molecular formula is C12H15F2NO4S. The summed E-state index contributed by atoms with van der Waals surface area (Å²) in [6, 6.07) is 4.75. The molecule has 0 amide bonds. The van der Waals surface area contributed by atoms with Gasteiger partial charge in [0.25, 0.3) is 0 Å². The zero-order chi connectivity index (χ0) is 15.6. The molecule has 0 aromatic heterocycles. The number of carboxylic acid groups (broad SMARTS) is 1. The van der Waals surface area contributed by atoms with Crippen LogP contribution in [0.1, 0.15) is 20.3 Å². The van der Waals surface area contributed by atoms with Gasteiger partial charge in [0.2, 0.25) is 9.84 Å². The van der Waals surface area contributed by atoms with Crippen molar-refractivity contribution < 1.29 is 27.1 Å². The van der Waals surface area contributed by atoms with Crippen molar-refractivity contribution in [1.82, 2.24) is 0 Å². The molecule has 0 aliphatic rings. The van der Waals surface area contributed by atoms with Crippen molar-refractivity contribution >= 4 is 21.5 Å². The molecule has 1 rings (SSSR count). The van der Waals surface area contributed by atoms with Crippen molar-refractivity contribution in [2.45, 2.75) is 36.5 Å². The van der Waals surface area contributed by atoms with Gasteiger partial charge >= 0.3 is 11.7 Å². The molecule has 0 atom stereocenters. The second-order valence-corrected chi connectivity index (χ2v) is 6.83. The Hall–Kier alpha value is -1.70. The highest BCUT2D eigenvalue weighted by molar-refractivity contribution is 7.91. The fourth-order valence-corrected chi connectivity index (χ4v) is 2.36. The van der Waals surface area contributed by atoms with Gasteiger partial charge in [0.05, 0.1) is 11.3 Å². The third-order valence-corrected chi connectivity index (χ3v) is 3.89. The first-order chi connectivity index (χ1) is 9.04. The van der Waals surface area contributed by atoms with Gasteiger partial charge in [-0.15, -0.1) is 0 Å². The Bertz CT molecular complexity index is 582. The van der Waals surface area contributed by atoms with Crippen LogP contribution in [-0.2, 0) is 14.6 Å². The van der Waals surface area contributed by atoms with Gasteiger partial charge in [0.1, 0.15) is 0 Å². The van der Waals surface area contributed by atoms with Crippen LogP contribution < -0.4 is 5.32 Å². The number of rotatable bonds is 6. The number of carbonyl (C=O) groups is 1. The standard InChI is InChI=1S/C12H15F2NO4S/c1-12(2,7-10(16)17)15-8-3-5-9(6-4-8)20(18,19)11(13)14/h3-6,11,15H,7H2,1-2H3,(H,16,17). The Morgan fingerprint density at radius 3 is 2.20 bits per heavy atom. The normalized spacial score (nSPS) is 12.4. The van der Waals surface area contributed by atoms with Gasteiger partial charge in [0, 0.05) is 11.2 Å². The second kappa shape index (κ2) is 5.74. The van der Waals surface area contributed by atoms with E-state index in [9.17, 15) is 22.0 Å². The van der Waals surface area contributed by atoms with E-state index >= 15 is 0 Å². The number of halogens is 2. The quantitative estimate of drug-likeness (QED) is 0.843. The smallest absolute Gasteiger partial charge is 0.341 e. The molecule has 1 aromatic carbocycles. The van der Waals surface area contributed by atoms with Gasteiger partial charge < -0.3 is 10.4 Å². The van der Waals surface area contributed by atoms with E-state index in [0.29, 0.717) is 5.69 Å². The van der Waals surface area contributed by atoms with E-state index in [2.05, 4.69) is 5.32 Å². The predicted molar refractivity (Wildman–Crippen MR) is 69.6 cm³/mol. The van der Waals surface area contributed by atoms with Crippen LogP contribution in [0.25, 0.3) is 0 Å².